The number of hydrogen-bond donors (Lipinski definition) is 1. The Morgan fingerprint density at radius 1 is 0.750 bits per heavy atom. The number of aliphatic imine (C=N–C) groups is 1. The third-order valence-corrected chi connectivity index (χ3v) is 6.83. The van der Waals surface area contributed by atoms with Crippen LogP contribution in [0.1, 0.15) is 34.7 Å². The molecule has 5 aromatic rings. The fourth-order valence-electron chi connectivity index (χ4n) is 4.93. The minimum absolute atomic E-state index is 0.0830. The number of aromatic nitrogens is 2. The fourth-order valence-corrected chi connectivity index (χ4v) is 4.93. The van der Waals surface area contributed by atoms with Crippen LogP contribution in [0, 0.1) is 6.92 Å². The molecule has 0 radical (unpaired) electrons. The number of hydrogen-bond acceptors (Lipinski definition) is 3. The predicted molar refractivity (Wildman–Crippen MR) is 148 cm³/mol. The van der Waals surface area contributed by atoms with Crippen LogP contribution in [0.3, 0.4) is 0 Å². The lowest BCUT2D eigenvalue weighted by atomic mass is 9.95. The van der Waals surface area contributed by atoms with Crippen molar-refractivity contribution in [1.82, 2.24) is 10.2 Å². The highest BCUT2D eigenvalue weighted by atomic mass is 15.3. The van der Waals surface area contributed by atoms with Gasteiger partial charge in [-0.1, -0.05) is 121 Å². The van der Waals surface area contributed by atoms with E-state index in [0.717, 1.165) is 47.0 Å². The molecule has 0 unspecified atom stereocenters. The van der Waals surface area contributed by atoms with Gasteiger partial charge in [-0.15, -0.1) is 0 Å². The van der Waals surface area contributed by atoms with Crippen LogP contribution < -0.4 is 4.90 Å². The van der Waals surface area contributed by atoms with Crippen LogP contribution >= 0.6 is 0 Å². The summed E-state index contributed by atoms with van der Waals surface area (Å²) in [7, 11) is 0. The van der Waals surface area contributed by atoms with E-state index in [1.165, 1.54) is 16.7 Å². The Balaban J connectivity index is 1.56. The third kappa shape index (κ3) is 4.34. The van der Waals surface area contributed by atoms with Crippen molar-refractivity contribution in [2.24, 2.45) is 4.99 Å². The molecule has 2 heterocycles. The average molecular weight is 469 g/mol. The summed E-state index contributed by atoms with van der Waals surface area (Å²) in [6, 6.07) is 40.5. The summed E-state index contributed by atoms with van der Waals surface area (Å²) in [5.41, 5.74) is 8.88. The van der Waals surface area contributed by atoms with Gasteiger partial charge in [0.15, 0.2) is 5.82 Å². The van der Waals surface area contributed by atoms with Gasteiger partial charge in [0.1, 0.15) is 5.69 Å². The first kappa shape index (κ1) is 22.1. The van der Waals surface area contributed by atoms with E-state index in [1.807, 2.05) is 6.07 Å². The molecule has 0 fully saturated rings. The normalized spacial score (nSPS) is 15.2. The Hall–Kier alpha value is -4.44. The van der Waals surface area contributed by atoms with Gasteiger partial charge in [0.25, 0.3) is 0 Å². The van der Waals surface area contributed by atoms with Gasteiger partial charge < -0.3 is 4.90 Å². The third-order valence-electron chi connectivity index (χ3n) is 6.83. The fraction of sp³-hybridized carbons (Fsp3) is 0.125. The number of rotatable bonds is 5. The molecule has 4 aromatic carbocycles. The number of nitrogens with one attached hydrogen (secondary N) is 1. The SMILES string of the molecule is Cc1ccc(C2=Nc3c(n[nH]c3-c3ccccc3)N(Cc3ccccc3)[C@H](c3ccccc3)C2)cc1. The van der Waals surface area contributed by atoms with E-state index in [1.54, 1.807) is 0 Å². The Morgan fingerprint density at radius 3 is 2.08 bits per heavy atom. The number of H-pyrrole nitrogens is 1. The summed E-state index contributed by atoms with van der Waals surface area (Å²) in [5, 5.41) is 8.21. The van der Waals surface area contributed by atoms with Gasteiger partial charge >= 0.3 is 0 Å². The summed E-state index contributed by atoms with van der Waals surface area (Å²) < 4.78 is 0. The van der Waals surface area contributed by atoms with E-state index < -0.39 is 0 Å². The smallest absolute Gasteiger partial charge is 0.177 e. The second kappa shape index (κ2) is 9.67. The van der Waals surface area contributed by atoms with Crippen molar-refractivity contribution in [3.8, 4) is 11.3 Å². The zero-order valence-electron chi connectivity index (χ0n) is 20.3. The summed E-state index contributed by atoms with van der Waals surface area (Å²) in [6.45, 7) is 2.86. The van der Waals surface area contributed by atoms with Crippen LogP contribution in [-0.2, 0) is 6.54 Å². The molecule has 1 N–H and O–H groups in total. The number of fused-ring (bicyclic) bond motifs is 1. The Morgan fingerprint density at radius 2 is 1.39 bits per heavy atom. The molecule has 0 bridgehead atoms. The van der Waals surface area contributed by atoms with Crippen molar-refractivity contribution in [2.75, 3.05) is 4.90 Å². The maximum absolute atomic E-state index is 5.32. The van der Waals surface area contributed by atoms with Crippen LogP contribution in [0.2, 0.25) is 0 Å². The van der Waals surface area contributed by atoms with Crippen LogP contribution in [0.5, 0.6) is 0 Å². The molecule has 1 aliphatic rings. The van der Waals surface area contributed by atoms with E-state index in [2.05, 4.69) is 126 Å². The molecule has 6 rings (SSSR count). The van der Waals surface area contributed by atoms with E-state index in [9.17, 15) is 0 Å². The summed E-state index contributed by atoms with van der Waals surface area (Å²) >= 11 is 0. The van der Waals surface area contributed by atoms with Crippen molar-refractivity contribution < 1.29 is 0 Å². The number of anilines is 1. The summed E-state index contributed by atoms with van der Waals surface area (Å²) in [6.07, 6.45) is 0.782. The lowest BCUT2D eigenvalue weighted by Gasteiger charge is -2.32. The molecule has 0 saturated heterocycles. The van der Waals surface area contributed by atoms with E-state index in [-0.39, 0.29) is 6.04 Å². The van der Waals surface area contributed by atoms with Gasteiger partial charge in [-0.2, -0.15) is 5.10 Å². The molecule has 0 spiro atoms. The second-order valence-corrected chi connectivity index (χ2v) is 9.31. The first-order valence-corrected chi connectivity index (χ1v) is 12.4. The molecular formula is C32H28N4. The van der Waals surface area contributed by atoms with Gasteiger partial charge in [-0.05, 0) is 23.6 Å². The second-order valence-electron chi connectivity index (χ2n) is 9.31. The zero-order chi connectivity index (χ0) is 24.3. The Labute approximate surface area is 212 Å². The maximum Gasteiger partial charge on any atom is 0.177 e. The van der Waals surface area contributed by atoms with Gasteiger partial charge in [0, 0.05) is 18.5 Å². The van der Waals surface area contributed by atoms with Crippen LogP contribution in [0.25, 0.3) is 11.3 Å². The first-order chi connectivity index (χ1) is 17.8. The van der Waals surface area contributed by atoms with E-state index in [4.69, 9.17) is 10.1 Å². The molecule has 4 nitrogen and oxygen atoms in total. The largest absolute Gasteiger partial charge is 0.342 e. The monoisotopic (exact) mass is 468 g/mol. The molecule has 1 aromatic heterocycles. The lowest BCUT2D eigenvalue weighted by Crippen LogP contribution is -2.29. The average Bonchev–Trinajstić information content (AvgIpc) is 3.28. The molecule has 0 saturated carbocycles. The zero-order valence-corrected chi connectivity index (χ0v) is 20.3. The molecule has 0 amide bonds. The summed E-state index contributed by atoms with van der Waals surface area (Å²) in [5.74, 6) is 0.883. The van der Waals surface area contributed by atoms with Crippen LogP contribution in [0.15, 0.2) is 120 Å². The van der Waals surface area contributed by atoms with Crippen molar-refractivity contribution in [3.05, 3.63) is 138 Å². The molecular weight excluding hydrogens is 440 g/mol. The Kier molecular flexibility index (Phi) is 5.92. The van der Waals surface area contributed by atoms with Gasteiger partial charge in [-0.25, -0.2) is 4.99 Å². The minimum atomic E-state index is 0.0830. The first-order valence-electron chi connectivity index (χ1n) is 12.4. The minimum Gasteiger partial charge on any atom is -0.342 e. The predicted octanol–water partition coefficient (Wildman–Crippen LogP) is 7.66. The highest BCUT2D eigenvalue weighted by molar-refractivity contribution is 6.05. The summed E-state index contributed by atoms with van der Waals surface area (Å²) in [4.78, 5) is 7.73. The molecule has 4 heteroatoms. The van der Waals surface area contributed by atoms with Crippen LogP contribution in [0.4, 0.5) is 11.5 Å². The van der Waals surface area contributed by atoms with E-state index in [0.29, 0.717) is 0 Å². The number of nitrogens with zero attached hydrogens (tertiary/aromatic N) is 3. The number of aromatic amines is 1. The maximum atomic E-state index is 5.32. The highest BCUT2D eigenvalue weighted by Crippen LogP contribution is 2.44. The lowest BCUT2D eigenvalue weighted by molar-refractivity contribution is 0.633. The molecule has 1 aliphatic heterocycles. The van der Waals surface area contributed by atoms with Gasteiger partial charge in [0.2, 0.25) is 0 Å². The number of benzene rings is 4. The molecule has 36 heavy (non-hydrogen) atoms. The number of aryl methyl sites for hydroxylation is 1. The highest BCUT2D eigenvalue weighted by Gasteiger charge is 2.32. The van der Waals surface area contributed by atoms with Crippen molar-refractivity contribution >= 4 is 17.2 Å². The van der Waals surface area contributed by atoms with Crippen molar-refractivity contribution in [1.29, 1.82) is 0 Å². The van der Waals surface area contributed by atoms with Crippen molar-refractivity contribution in [3.63, 3.8) is 0 Å². The topological polar surface area (TPSA) is 44.3 Å². The Bertz CT molecular complexity index is 1470. The molecule has 176 valence electrons. The van der Waals surface area contributed by atoms with Crippen LogP contribution in [-0.4, -0.2) is 15.9 Å². The van der Waals surface area contributed by atoms with Crippen molar-refractivity contribution in [2.45, 2.75) is 25.9 Å². The van der Waals surface area contributed by atoms with Gasteiger partial charge in [-0.3, -0.25) is 5.10 Å². The standard InChI is InChI=1S/C32H28N4/c1-23-17-19-25(20-18-23)28-21-29(26-13-7-3-8-14-26)36(22-24-11-5-2-6-12-24)32-31(33-28)30(34-35-32)27-15-9-4-10-16-27/h2-20,29H,21-22H2,1H3,(H,34,35)/t29-/m0/s1. The molecule has 1 atom stereocenters. The molecule has 0 aliphatic carbocycles. The van der Waals surface area contributed by atoms with Gasteiger partial charge in [0.05, 0.1) is 17.4 Å². The van der Waals surface area contributed by atoms with E-state index >= 15 is 0 Å². The quantitative estimate of drug-likeness (QED) is 0.288.